The molecule has 0 atom stereocenters. The predicted molar refractivity (Wildman–Crippen MR) is 135 cm³/mol. The Bertz CT molecular complexity index is 1280. The van der Waals surface area contributed by atoms with E-state index >= 15 is 0 Å². The van der Waals surface area contributed by atoms with Gasteiger partial charge >= 0.3 is 148 Å². The van der Waals surface area contributed by atoms with Crippen LogP contribution in [-0.4, -0.2) is 87.3 Å². The van der Waals surface area contributed by atoms with Gasteiger partial charge in [-0.05, 0) is 0 Å². The van der Waals surface area contributed by atoms with E-state index in [2.05, 4.69) is 20.3 Å². The molecule has 3 aromatic heterocycles. The summed E-state index contributed by atoms with van der Waals surface area (Å²) in [6, 6.07) is 13.0. The Morgan fingerprint density at radius 1 is 0.944 bits per heavy atom. The van der Waals surface area contributed by atoms with Gasteiger partial charge in [0.1, 0.15) is 6.61 Å². The number of carboxylic acid groups (broad SMARTS) is 1. The van der Waals surface area contributed by atoms with Crippen molar-refractivity contribution in [3.8, 4) is 17.1 Å². The Hall–Kier alpha value is -3.34. The number of hydrogen-bond donors (Lipinski definition) is 2. The van der Waals surface area contributed by atoms with Gasteiger partial charge in [0.05, 0.1) is 33.0 Å². The van der Waals surface area contributed by atoms with Gasteiger partial charge in [-0.25, -0.2) is 0 Å². The van der Waals surface area contributed by atoms with E-state index in [1.807, 2.05) is 30.3 Å². The molecule has 0 saturated carbocycles. The van der Waals surface area contributed by atoms with Crippen LogP contribution in [0.25, 0.3) is 20.9 Å². The minimum absolute atomic E-state index is 0.170. The molecule has 11 heteroatoms. The Morgan fingerprint density at radius 3 is 2.50 bits per heavy atom. The van der Waals surface area contributed by atoms with Gasteiger partial charge < -0.3 is 18.9 Å². The maximum absolute atomic E-state index is 11.3. The van der Waals surface area contributed by atoms with Gasteiger partial charge in [0, 0.05) is 7.11 Å². The number of aromatic carboxylic acids is 1. The van der Waals surface area contributed by atoms with Gasteiger partial charge in [-0.2, -0.15) is 0 Å². The molecule has 0 aliphatic carbocycles. The van der Waals surface area contributed by atoms with Crippen LogP contribution >= 0.6 is 0 Å². The van der Waals surface area contributed by atoms with Crippen molar-refractivity contribution < 1.29 is 28.8 Å². The molecule has 188 valence electrons. The van der Waals surface area contributed by atoms with Crippen LogP contribution in [0.5, 0.6) is 5.88 Å². The first-order valence-electron chi connectivity index (χ1n) is 11.2. The van der Waals surface area contributed by atoms with Crippen molar-refractivity contribution >= 4 is 41.6 Å². The van der Waals surface area contributed by atoms with E-state index in [9.17, 15) is 9.90 Å². The van der Waals surface area contributed by atoms with Gasteiger partial charge in [-0.3, -0.25) is 0 Å². The van der Waals surface area contributed by atoms with Crippen LogP contribution in [0, 0.1) is 0 Å². The number of carbonyl (C=O) groups is 1. The van der Waals surface area contributed by atoms with Crippen molar-refractivity contribution in [2.24, 2.45) is 0 Å². The molecule has 0 radical (unpaired) electrons. The fourth-order valence-electron chi connectivity index (χ4n) is 3.24. The molecule has 0 saturated heterocycles. The number of methoxy groups -OCH3 is 1. The Morgan fingerprint density at radius 2 is 1.75 bits per heavy atom. The first-order chi connectivity index (χ1) is 17.6. The van der Waals surface area contributed by atoms with Crippen molar-refractivity contribution in [2.45, 2.75) is 0 Å². The summed E-state index contributed by atoms with van der Waals surface area (Å²) in [6.07, 6.45) is 3.18. The molecule has 3 heterocycles. The number of carboxylic acids is 1. The number of fused-ring (bicyclic) bond motifs is 1. The van der Waals surface area contributed by atoms with Gasteiger partial charge in [0.25, 0.3) is 0 Å². The van der Waals surface area contributed by atoms with Crippen LogP contribution in [0.15, 0.2) is 55.0 Å². The van der Waals surface area contributed by atoms with Crippen molar-refractivity contribution in [2.75, 3.05) is 52.1 Å². The van der Waals surface area contributed by atoms with E-state index in [4.69, 9.17) is 18.9 Å². The average Bonchev–Trinajstić information content (AvgIpc) is 3.32. The summed E-state index contributed by atoms with van der Waals surface area (Å²) in [7, 11) is 1.64. The number of ether oxygens (including phenoxy) is 4. The number of benzene rings is 1. The predicted octanol–water partition coefficient (Wildman–Crippen LogP) is 3.25. The number of rotatable bonds is 14. The van der Waals surface area contributed by atoms with Crippen molar-refractivity contribution in [1.82, 2.24) is 15.0 Å². The summed E-state index contributed by atoms with van der Waals surface area (Å²) in [5.41, 5.74) is 2.35. The third-order valence-electron chi connectivity index (χ3n) is 4.98. The Kier molecular flexibility index (Phi) is 9.37. The molecule has 0 bridgehead atoms. The SMILES string of the molecule is COCCOCCOCCOc1ccc(-c2cc(Nc3ccc4[se]c(C(=O)O)cc4c3)ncn2)cn1. The zero-order chi connectivity index (χ0) is 25.2. The zero-order valence-corrected chi connectivity index (χ0v) is 21.4. The van der Waals surface area contributed by atoms with E-state index in [0.29, 0.717) is 61.5 Å². The summed E-state index contributed by atoms with van der Waals surface area (Å²) < 4.78 is 22.8. The van der Waals surface area contributed by atoms with Crippen LogP contribution in [0.4, 0.5) is 11.5 Å². The third-order valence-corrected chi connectivity index (χ3v) is 7.30. The van der Waals surface area contributed by atoms with Gasteiger partial charge in [-0.1, -0.05) is 0 Å². The van der Waals surface area contributed by atoms with Crippen LogP contribution in [0.2, 0.25) is 0 Å². The molecular weight excluding hydrogens is 531 g/mol. The van der Waals surface area contributed by atoms with E-state index in [1.165, 1.54) is 6.33 Å². The molecule has 0 aliphatic rings. The molecule has 36 heavy (non-hydrogen) atoms. The third kappa shape index (κ3) is 7.33. The van der Waals surface area contributed by atoms with Gasteiger partial charge in [-0.15, -0.1) is 0 Å². The fraction of sp³-hybridized carbons (Fsp3) is 0.280. The van der Waals surface area contributed by atoms with Crippen LogP contribution in [0.1, 0.15) is 9.23 Å². The molecule has 0 unspecified atom stereocenters. The number of anilines is 2. The molecule has 2 N–H and O–H groups in total. The number of pyridine rings is 1. The monoisotopic (exact) mass is 558 g/mol. The van der Waals surface area contributed by atoms with Crippen molar-refractivity contribution in [3.05, 3.63) is 59.4 Å². The standard InChI is InChI=1S/C25H26N4O6Se/c1-32-6-7-33-8-9-34-10-11-35-24-5-2-17(15-26-24)20-14-23(28-16-27-20)29-19-3-4-21-18(12-19)13-22(36-21)25(30)31/h2-5,12-16H,6-11H2,1H3,(H,30,31)(H,27,28,29). The van der Waals surface area contributed by atoms with Crippen molar-refractivity contribution in [3.63, 3.8) is 0 Å². The Labute approximate surface area is 214 Å². The summed E-state index contributed by atoms with van der Waals surface area (Å²) in [5, 5.41) is 13.4. The number of hydrogen-bond acceptors (Lipinski definition) is 9. The van der Waals surface area contributed by atoms with Crippen LogP contribution < -0.4 is 10.1 Å². The second-order valence-corrected chi connectivity index (χ2v) is 9.81. The molecule has 1 aromatic carbocycles. The second-order valence-electron chi connectivity index (χ2n) is 7.53. The molecule has 0 fully saturated rings. The van der Waals surface area contributed by atoms with E-state index in [0.717, 1.165) is 20.9 Å². The number of nitrogens with zero attached hydrogens (tertiary/aromatic N) is 3. The number of nitrogens with one attached hydrogen (secondary N) is 1. The molecule has 0 aliphatic heterocycles. The molecule has 0 amide bonds. The first-order valence-corrected chi connectivity index (χ1v) is 12.9. The van der Waals surface area contributed by atoms with Crippen molar-refractivity contribution in [1.29, 1.82) is 0 Å². The van der Waals surface area contributed by atoms with Crippen LogP contribution in [0.3, 0.4) is 0 Å². The molecule has 0 spiro atoms. The van der Waals surface area contributed by atoms with Gasteiger partial charge in [0.15, 0.2) is 0 Å². The topological polar surface area (TPSA) is 125 Å². The summed E-state index contributed by atoms with van der Waals surface area (Å²) >= 11 is -0.170. The van der Waals surface area contributed by atoms with E-state index in [1.54, 1.807) is 25.4 Å². The molecule has 10 nitrogen and oxygen atoms in total. The average molecular weight is 557 g/mol. The maximum atomic E-state index is 11.3. The number of aromatic nitrogens is 3. The van der Waals surface area contributed by atoms with E-state index < -0.39 is 5.97 Å². The minimum atomic E-state index is -0.862. The summed E-state index contributed by atoms with van der Waals surface area (Å²) in [5.74, 6) is 0.258. The summed E-state index contributed by atoms with van der Waals surface area (Å²) in [4.78, 5) is 24.2. The summed E-state index contributed by atoms with van der Waals surface area (Å²) in [6.45, 7) is 2.96. The molecule has 4 rings (SSSR count). The quantitative estimate of drug-likeness (QED) is 0.176. The van der Waals surface area contributed by atoms with Gasteiger partial charge in [0.2, 0.25) is 0 Å². The van der Waals surface area contributed by atoms with Crippen LogP contribution in [-0.2, 0) is 14.2 Å². The molecular formula is C25H26N4O6Se. The Balaban J connectivity index is 1.29. The van der Waals surface area contributed by atoms with E-state index in [-0.39, 0.29) is 14.5 Å². The zero-order valence-electron chi connectivity index (χ0n) is 19.7. The normalized spacial score (nSPS) is 11.0. The first kappa shape index (κ1) is 25.7. The second kappa shape index (κ2) is 13.1. The fourth-order valence-corrected chi connectivity index (χ4v) is 5.09. The molecule has 4 aromatic rings.